The summed E-state index contributed by atoms with van der Waals surface area (Å²) in [4.78, 5) is 63.9. The van der Waals surface area contributed by atoms with E-state index in [-0.39, 0.29) is 122 Å². The van der Waals surface area contributed by atoms with Crippen molar-refractivity contribution in [3.63, 3.8) is 0 Å². The number of quaternary nitrogens is 1. The number of carboxylic acid groups (broad SMARTS) is 2. The van der Waals surface area contributed by atoms with Gasteiger partial charge in [0.1, 0.15) is 5.69 Å². The third-order valence-corrected chi connectivity index (χ3v) is 6.14. The number of carboxylic acids is 2. The first kappa shape index (κ1) is 67.5. The minimum absolute atomic E-state index is 0. The number of halogens is 6. The number of hydrogen-bond acceptors (Lipinski definition) is 14. The van der Waals surface area contributed by atoms with Gasteiger partial charge in [0.25, 0.3) is 17.1 Å². The Balaban J connectivity index is -0.000000153. The summed E-state index contributed by atoms with van der Waals surface area (Å²) < 4.78 is 31.6. The van der Waals surface area contributed by atoms with Gasteiger partial charge in [-0.1, -0.05) is 53.8 Å². The molecule has 0 fully saturated rings. The number of anilines is 1. The van der Waals surface area contributed by atoms with Gasteiger partial charge in [-0.3, -0.25) is 39.4 Å². The Labute approximate surface area is 397 Å². The monoisotopic (exact) mass is 1010 g/mol. The summed E-state index contributed by atoms with van der Waals surface area (Å²) >= 11 is 22.2. The topological polar surface area (TPSA) is 393 Å². The summed E-state index contributed by atoms with van der Waals surface area (Å²) in [5, 5.41) is 57.6. The standard InChI is InChI=1S/C7H4ClN3O2.C7H3ClN2O2.C7H4ClNO4.C7H6ClNO2.CH4.2ClH.HNO2.Na.H2O4S/c1-10-6-3-4(11(12)13)2-5(8)7(6)9;1-9-6-2-5(8)3-7(4-6)10(11)12;8-5-1-4(7(10)11)2-6(3-5)9(12)13;8-5-1-4(7(10)11)2-6(9)3-5;;;;2-1-3;;1-5(2,3)4/h2-3H,9H2;2-4H;1-3H,(H,10,11);1-3H,9H2,(H,10,11);1H4;2*1H;(H,2,3);;(H2,1,2,3,4)/q;;;;;;;;+1;/p-1. The van der Waals surface area contributed by atoms with Gasteiger partial charge in [-0.25, -0.2) is 19.3 Å². The van der Waals surface area contributed by atoms with Crippen molar-refractivity contribution in [1.29, 1.82) is 0 Å². The van der Waals surface area contributed by atoms with Crippen LogP contribution in [0.4, 0.5) is 39.8 Å². The molecule has 4 aromatic carbocycles. The molecule has 0 aliphatic heterocycles. The molecule has 4 rings (SSSR count). The van der Waals surface area contributed by atoms with Crippen LogP contribution in [-0.2, 0) is 10.4 Å². The van der Waals surface area contributed by atoms with Gasteiger partial charge in [0, 0.05) is 63.6 Å². The smallest absolute Gasteiger partial charge is 1.00 e. The van der Waals surface area contributed by atoms with E-state index in [4.69, 9.17) is 103 Å². The second kappa shape index (κ2) is 33.5. The average Bonchev–Trinajstić information content (AvgIpc) is 3.08. The normalized spacial score (nSPS) is 8.67. The summed E-state index contributed by atoms with van der Waals surface area (Å²) in [5.74, 6) is -2.23. The van der Waals surface area contributed by atoms with E-state index < -0.39 is 37.1 Å². The largest absolute Gasteiger partial charge is 1.00 e. The molecule has 0 aromatic heterocycles. The van der Waals surface area contributed by atoms with Crippen molar-refractivity contribution in [2.75, 3.05) is 5.73 Å². The van der Waals surface area contributed by atoms with Gasteiger partial charge in [-0.05, 0) is 18.2 Å². The van der Waals surface area contributed by atoms with E-state index in [2.05, 4.69) is 15.4 Å². The molecule has 0 amide bonds. The fourth-order valence-corrected chi connectivity index (χ4v) is 4.01. The zero-order valence-corrected chi connectivity index (χ0v) is 36.6. The van der Waals surface area contributed by atoms with Crippen LogP contribution < -0.4 is 53.4 Å². The number of benzene rings is 4. The third kappa shape index (κ3) is 30.5. The van der Waals surface area contributed by atoms with Crippen molar-refractivity contribution in [2.45, 2.75) is 7.43 Å². The second-order valence-electron chi connectivity index (χ2n) is 9.20. The average molecular weight is 1010 g/mol. The molecule has 0 spiro atoms. The number of nitrogens with two attached hydrogens (primary N) is 1. The Bertz CT molecular complexity index is 2290. The van der Waals surface area contributed by atoms with E-state index in [0.29, 0.717) is 10.7 Å². The van der Waals surface area contributed by atoms with Crippen LogP contribution in [0.3, 0.4) is 0 Å². The molecule has 4 aromatic rings. The zero-order valence-electron chi connectivity index (χ0n) is 29.2. The van der Waals surface area contributed by atoms with Gasteiger partial charge in [0.05, 0.1) is 49.8 Å². The van der Waals surface area contributed by atoms with Gasteiger partial charge < -0.3 is 44.2 Å². The predicted molar refractivity (Wildman–Crippen MR) is 216 cm³/mol. The first-order valence-corrected chi connectivity index (χ1v) is 16.2. The van der Waals surface area contributed by atoms with Gasteiger partial charge >= 0.3 is 51.9 Å². The Kier molecular flexibility index (Phi) is 37.1. The molecule has 0 unspecified atom stereocenters. The molecule has 0 saturated carbocycles. The molecular formula is C29H25Cl6N8NaO16S. The third-order valence-electron chi connectivity index (χ3n) is 5.18. The van der Waals surface area contributed by atoms with Gasteiger partial charge in [0.2, 0.25) is 5.69 Å². The molecule has 326 valence electrons. The Morgan fingerprint density at radius 2 is 1.07 bits per heavy atom. The second-order valence-corrected chi connectivity index (χ2v) is 11.8. The molecule has 0 atom stereocenters. The van der Waals surface area contributed by atoms with Crippen LogP contribution in [-0.4, -0.2) is 54.4 Å². The van der Waals surface area contributed by atoms with Crippen LogP contribution in [0.1, 0.15) is 28.1 Å². The van der Waals surface area contributed by atoms with E-state index in [1.54, 1.807) is 6.07 Å². The quantitative estimate of drug-likeness (QED) is 0.0318. The van der Waals surface area contributed by atoms with Crippen molar-refractivity contribution in [1.82, 2.24) is 0 Å². The van der Waals surface area contributed by atoms with Crippen molar-refractivity contribution >= 4 is 121 Å². The molecule has 0 heterocycles. The van der Waals surface area contributed by atoms with Gasteiger partial charge in [0.15, 0.2) is 5.69 Å². The fraction of sp³-hybridized carbons (Fsp3) is 0.0345. The molecule has 0 radical (unpaired) electrons. The first-order valence-electron chi connectivity index (χ1n) is 13.3. The Hall–Kier alpha value is -5.23. The number of nitrogen functional groups attached to an aromatic ring is 1. The molecule has 32 heteroatoms. The van der Waals surface area contributed by atoms with Crippen LogP contribution >= 0.6 is 58.8 Å². The maximum absolute atomic E-state index is 10.4. The number of nitro groups is 3. The maximum atomic E-state index is 10.4. The zero-order chi connectivity index (χ0) is 44.8. The number of rotatable bonds is 5. The van der Waals surface area contributed by atoms with Crippen molar-refractivity contribution in [2.24, 2.45) is 5.34 Å². The molecular weight excluding hydrogens is 984 g/mol. The van der Waals surface area contributed by atoms with E-state index in [0.717, 1.165) is 35.7 Å². The van der Waals surface area contributed by atoms with Crippen LogP contribution in [0, 0.1) is 53.6 Å². The Morgan fingerprint density at radius 1 is 0.721 bits per heavy atom. The van der Waals surface area contributed by atoms with Crippen LogP contribution in [0.2, 0.25) is 20.1 Å². The van der Waals surface area contributed by atoms with Crippen LogP contribution in [0.15, 0.2) is 72.1 Å². The summed E-state index contributed by atoms with van der Waals surface area (Å²) in [7, 11) is -4.67. The molecule has 0 aliphatic carbocycles. The summed E-state index contributed by atoms with van der Waals surface area (Å²) in [5.41, 5.74) is 9.08. The number of nitro benzene ring substituents is 3. The number of non-ortho nitro benzene ring substituents is 3. The van der Waals surface area contributed by atoms with Crippen molar-refractivity contribution in [3.8, 4) is 0 Å². The van der Waals surface area contributed by atoms with E-state index in [1.165, 1.54) is 30.3 Å². The summed E-state index contributed by atoms with van der Waals surface area (Å²) in [6, 6.07) is 13.6. The summed E-state index contributed by atoms with van der Waals surface area (Å²) in [6.45, 7) is 13.3. The molecule has 61 heavy (non-hydrogen) atoms. The first-order chi connectivity index (χ1) is 26.2. The maximum Gasteiger partial charge on any atom is 1.00 e. The molecule has 0 saturated heterocycles. The minimum Gasteiger partial charge on any atom is -1.00 e. The molecule has 0 aliphatic rings. The molecule has 24 nitrogen and oxygen atoms in total. The Morgan fingerprint density at radius 3 is 1.41 bits per heavy atom. The molecule has 9 N–H and O–H groups in total. The number of carbonyl (C=O) groups is 2. The van der Waals surface area contributed by atoms with Crippen LogP contribution in [0.25, 0.3) is 9.69 Å². The van der Waals surface area contributed by atoms with Crippen molar-refractivity contribution < 1.29 is 99.8 Å². The van der Waals surface area contributed by atoms with Crippen molar-refractivity contribution in [3.05, 3.63) is 161 Å². The summed E-state index contributed by atoms with van der Waals surface area (Å²) in [6.07, 6.45) is 0. The predicted octanol–water partition coefficient (Wildman–Crippen LogP) is 2.70. The minimum atomic E-state index is -4.67. The van der Waals surface area contributed by atoms with Crippen LogP contribution in [0.5, 0.6) is 0 Å². The van der Waals surface area contributed by atoms with E-state index >= 15 is 0 Å². The van der Waals surface area contributed by atoms with E-state index in [1.807, 2.05) is 0 Å². The number of hydrogen-bond donors (Lipinski definition) is 6. The van der Waals surface area contributed by atoms with Gasteiger partial charge in [-0.15, -0.1) is 17.7 Å². The number of aromatic carboxylic acids is 2. The fourth-order valence-electron chi connectivity index (χ4n) is 3.09. The van der Waals surface area contributed by atoms with E-state index in [9.17, 15) is 39.9 Å². The molecule has 0 bridgehead atoms. The van der Waals surface area contributed by atoms with Gasteiger partial charge in [-0.2, -0.15) is 8.42 Å². The number of nitrogens with zero attached hydrogens (tertiary/aromatic N) is 6. The SMILES string of the molecule is C.Cl.O=C(O)c1cc(Cl)cc([N+](=O)[O-])c1.O=N[O-].O=S(=O)(O)O.[C-]#[N+]c1cc(Cl)cc([N+](=O)[O-])c1.[C-]#[N+]c1cc([N+](=O)[O-])cc(Cl)c1N.[Cl-].[NH3+]c1cc(Cl)cc(C(=O)O)c1.[Na+].